The molecule has 1 N–H and O–H groups in total. The van der Waals surface area contributed by atoms with Gasteiger partial charge in [-0.1, -0.05) is 0 Å². The first-order valence-corrected chi connectivity index (χ1v) is 5.71. The maximum atomic E-state index is 11.6. The van der Waals surface area contributed by atoms with E-state index in [2.05, 4.69) is 12.2 Å². The molecular formula is C11H20N2O. The third kappa shape index (κ3) is 1.78. The standard InChI is InChI=1S/C11H20N2O/c1-3-13-7-9(6-10(13)14)11(12-2)8-4-5-8/h8-9,11-12H,3-7H2,1-2H3. The minimum absolute atomic E-state index is 0.346. The second kappa shape index (κ2) is 3.89. The fourth-order valence-corrected chi connectivity index (χ4v) is 2.66. The molecule has 1 saturated heterocycles. The highest BCUT2D eigenvalue weighted by Crippen LogP contribution is 2.38. The van der Waals surface area contributed by atoms with Crippen LogP contribution in [-0.4, -0.2) is 37.0 Å². The molecular weight excluding hydrogens is 176 g/mol. The van der Waals surface area contributed by atoms with Gasteiger partial charge in [-0.25, -0.2) is 0 Å². The fourth-order valence-electron chi connectivity index (χ4n) is 2.66. The molecule has 1 amide bonds. The van der Waals surface area contributed by atoms with Crippen LogP contribution in [0.15, 0.2) is 0 Å². The summed E-state index contributed by atoms with van der Waals surface area (Å²) in [6, 6.07) is 0.579. The molecule has 3 heteroatoms. The van der Waals surface area contributed by atoms with Crippen LogP contribution in [0.4, 0.5) is 0 Å². The number of hydrogen-bond acceptors (Lipinski definition) is 2. The number of carbonyl (C=O) groups is 1. The molecule has 1 aliphatic heterocycles. The zero-order chi connectivity index (χ0) is 10.1. The van der Waals surface area contributed by atoms with Gasteiger partial charge < -0.3 is 10.2 Å². The predicted molar refractivity (Wildman–Crippen MR) is 55.9 cm³/mol. The lowest BCUT2D eigenvalue weighted by Gasteiger charge is -2.22. The molecule has 80 valence electrons. The summed E-state index contributed by atoms with van der Waals surface area (Å²) in [7, 11) is 2.03. The summed E-state index contributed by atoms with van der Waals surface area (Å²) in [5.74, 6) is 1.74. The largest absolute Gasteiger partial charge is 0.343 e. The van der Waals surface area contributed by atoms with Crippen molar-refractivity contribution in [1.82, 2.24) is 10.2 Å². The van der Waals surface area contributed by atoms with E-state index in [1.54, 1.807) is 0 Å². The van der Waals surface area contributed by atoms with E-state index >= 15 is 0 Å². The molecule has 0 aromatic rings. The first-order valence-electron chi connectivity index (χ1n) is 5.71. The molecule has 2 rings (SSSR count). The van der Waals surface area contributed by atoms with Crippen LogP contribution < -0.4 is 5.32 Å². The van der Waals surface area contributed by atoms with Gasteiger partial charge in [-0.15, -0.1) is 0 Å². The van der Waals surface area contributed by atoms with Crippen LogP contribution in [0.2, 0.25) is 0 Å². The molecule has 0 radical (unpaired) electrons. The number of hydrogen-bond donors (Lipinski definition) is 1. The first-order chi connectivity index (χ1) is 6.76. The average molecular weight is 196 g/mol. The lowest BCUT2D eigenvalue weighted by atomic mass is 9.95. The van der Waals surface area contributed by atoms with Crippen molar-refractivity contribution in [3.8, 4) is 0 Å². The maximum absolute atomic E-state index is 11.6. The topological polar surface area (TPSA) is 32.3 Å². The van der Waals surface area contributed by atoms with Crippen molar-refractivity contribution >= 4 is 5.91 Å². The Hall–Kier alpha value is -0.570. The SMILES string of the molecule is CCN1CC(C(NC)C2CC2)CC1=O. The lowest BCUT2D eigenvalue weighted by molar-refractivity contribution is -0.127. The predicted octanol–water partition coefficient (Wildman–Crippen LogP) is 0.853. The van der Waals surface area contributed by atoms with E-state index in [4.69, 9.17) is 0 Å². The second-order valence-corrected chi connectivity index (χ2v) is 4.55. The van der Waals surface area contributed by atoms with Gasteiger partial charge in [0, 0.05) is 31.5 Å². The van der Waals surface area contributed by atoms with E-state index in [0.29, 0.717) is 17.9 Å². The summed E-state index contributed by atoms with van der Waals surface area (Å²) in [6.07, 6.45) is 3.46. The van der Waals surface area contributed by atoms with Crippen molar-refractivity contribution in [3.63, 3.8) is 0 Å². The van der Waals surface area contributed by atoms with Crippen molar-refractivity contribution in [2.75, 3.05) is 20.1 Å². The third-order valence-corrected chi connectivity index (χ3v) is 3.60. The summed E-state index contributed by atoms with van der Waals surface area (Å²) in [5.41, 5.74) is 0. The van der Waals surface area contributed by atoms with Crippen LogP contribution in [0.1, 0.15) is 26.2 Å². The van der Waals surface area contributed by atoms with E-state index in [1.807, 2.05) is 11.9 Å². The smallest absolute Gasteiger partial charge is 0.222 e. The Labute approximate surface area is 85.8 Å². The minimum Gasteiger partial charge on any atom is -0.343 e. The molecule has 0 aromatic heterocycles. The molecule has 1 heterocycles. The molecule has 0 spiro atoms. The van der Waals surface area contributed by atoms with Crippen LogP contribution in [0.25, 0.3) is 0 Å². The number of rotatable bonds is 4. The summed E-state index contributed by atoms with van der Waals surface area (Å²) in [5, 5.41) is 3.39. The molecule has 14 heavy (non-hydrogen) atoms. The highest BCUT2D eigenvalue weighted by molar-refractivity contribution is 5.78. The van der Waals surface area contributed by atoms with Gasteiger partial charge in [-0.05, 0) is 32.7 Å². The van der Waals surface area contributed by atoms with E-state index in [9.17, 15) is 4.79 Å². The third-order valence-electron chi connectivity index (χ3n) is 3.60. The van der Waals surface area contributed by atoms with Crippen molar-refractivity contribution < 1.29 is 4.79 Å². The summed E-state index contributed by atoms with van der Waals surface area (Å²) >= 11 is 0. The van der Waals surface area contributed by atoms with E-state index in [0.717, 1.165) is 25.4 Å². The van der Waals surface area contributed by atoms with Crippen LogP contribution in [0.5, 0.6) is 0 Å². The Balaban J connectivity index is 1.95. The Morgan fingerprint density at radius 2 is 2.21 bits per heavy atom. The maximum Gasteiger partial charge on any atom is 0.222 e. The normalized spacial score (nSPS) is 29.7. The van der Waals surface area contributed by atoms with Gasteiger partial charge >= 0.3 is 0 Å². The second-order valence-electron chi connectivity index (χ2n) is 4.55. The van der Waals surface area contributed by atoms with Crippen LogP contribution in [0, 0.1) is 11.8 Å². The Morgan fingerprint density at radius 3 is 2.64 bits per heavy atom. The van der Waals surface area contributed by atoms with Crippen molar-refractivity contribution in [3.05, 3.63) is 0 Å². The Bertz CT molecular complexity index is 225. The molecule has 2 atom stereocenters. The summed E-state index contributed by atoms with van der Waals surface area (Å²) in [4.78, 5) is 13.6. The van der Waals surface area contributed by atoms with E-state index < -0.39 is 0 Å². The molecule has 0 bridgehead atoms. The highest BCUT2D eigenvalue weighted by Gasteiger charge is 2.40. The quantitative estimate of drug-likeness (QED) is 0.723. The molecule has 2 fully saturated rings. The zero-order valence-electron chi connectivity index (χ0n) is 9.12. The minimum atomic E-state index is 0.346. The van der Waals surface area contributed by atoms with Crippen LogP contribution in [-0.2, 0) is 4.79 Å². The average Bonchev–Trinajstić information content (AvgIpc) is 2.92. The van der Waals surface area contributed by atoms with Crippen LogP contribution >= 0.6 is 0 Å². The number of carbonyl (C=O) groups excluding carboxylic acids is 1. The molecule has 2 unspecified atom stereocenters. The van der Waals surface area contributed by atoms with Gasteiger partial charge in [0.15, 0.2) is 0 Å². The van der Waals surface area contributed by atoms with Gasteiger partial charge in [-0.3, -0.25) is 4.79 Å². The zero-order valence-corrected chi connectivity index (χ0v) is 9.12. The Morgan fingerprint density at radius 1 is 1.50 bits per heavy atom. The van der Waals surface area contributed by atoms with Gasteiger partial charge in [0.1, 0.15) is 0 Å². The van der Waals surface area contributed by atoms with Crippen molar-refractivity contribution in [2.45, 2.75) is 32.2 Å². The number of nitrogens with zero attached hydrogens (tertiary/aromatic N) is 1. The summed E-state index contributed by atoms with van der Waals surface area (Å²) in [6.45, 7) is 3.90. The molecule has 1 aliphatic carbocycles. The van der Waals surface area contributed by atoms with Gasteiger partial charge in [0.2, 0.25) is 5.91 Å². The van der Waals surface area contributed by atoms with Gasteiger partial charge in [0.05, 0.1) is 0 Å². The monoisotopic (exact) mass is 196 g/mol. The molecule has 1 saturated carbocycles. The van der Waals surface area contributed by atoms with Crippen molar-refractivity contribution in [1.29, 1.82) is 0 Å². The lowest BCUT2D eigenvalue weighted by Crippen LogP contribution is -2.37. The molecule has 3 nitrogen and oxygen atoms in total. The van der Waals surface area contributed by atoms with Gasteiger partial charge in [-0.2, -0.15) is 0 Å². The number of amides is 1. The molecule has 2 aliphatic rings. The summed E-state index contributed by atoms with van der Waals surface area (Å²) < 4.78 is 0. The highest BCUT2D eigenvalue weighted by atomic mass is 16.2. The van der Waals surface area contributed by atoms with Gasteiger partial charge in [0.25, 0.3) is 0 Å². The van der Waals surface area contributed by atoms with Crippen molar-refractivity contribution in [2.24, 2.45) is 11.8 Å². The molecule has 0 aromatic carbocycles. The van der Waals surface area contributed by atoms with Crippen LogP contribution in [0.3, 0.4) is 0 Å². The fraction of sp³-hybridized carbons (Fsp3) is 0.909. The van der Waals surface area contributed by atoms with E-state index in [1.165, 1.54) is 12.8 Å². The van der Waals surface area contributed by atoms with E-state index in [-0.39, 0.29) is 0 Å². The first kappa shape index (κ1) is 9.97. The Kier molecular flexibility index (Phi) is 2.77. The number of nitrogens with one attached hydrogen (secondary N) is 1. The number of likely N-dealkylation sites (tertiary alicyclic amines) is 1.